The normalized spacial score (nSPS) is 19.1. The molecule has 2 aliphatic rings. The molecular weight excluding hydrogens is 531 g/mol. The summed E-state index contributed by atoms with van der Waals surface area (Å²) in [4.78, 5) is 8.93. The molecule has 0 bridgehead atoms. The Morgan fingerprint density at radius 1 is 1.18 bits per heavy atom. The number of anilines is 1. The summed E-state index contributed by atoms with van der Waals surface area (Å²) >= 11 is 1.62. The highest BCUT2D eigenvalue weighted by molar-refractivity contribution is 7.99. The van der Waals surface area contributed by atoms with Crippen molar-refractivity contribution >= 4 is 28.7 Å². The molecule has 0 aliphatic heterocycles. The van der Waals surface area contributed by atoms with Crippen LogP contribution in [0.5, 0.6) is 0 Å². The second kappa shape index (κ2) is 18.2. The van der Waals surface area contributed by atoms with Crippen LogP contribution in [0.25, 0.3) is 11.2 Å². The maximum atomic E-state index is 12.3. The van der Waals surface area contributed by atoms with Crippen molar-refractivity contribution in [2.45, 2.75) is 110 Å². The summed E-state index contributed by atoms with van der Waals surface area (Å²) in [6.45, 7) is 16.6. The molecule has 2 atom stereocenters. The standard InChI is InChI=1S/C14H22N6OS.C10H13F.C3H8O2.C2H6/c1-3-7-22-14-16-12(15)11-13(17-14)20(19-18-11)9-5-6-10(8-9)21-4-2;1-3-9(10-6-7-10)5-4-8(2)11;1-3(2,4)5;1-2/h9-10H,3-8H2,1-2H3,(H2,15,16,17);3-5,10H,1,6-7H2,2H3;4-5H,1-2H3;1-2H3/b;8-4+,9-5+;;. The van der Waals surface area contributed by atoms with Gasteiger partial charge in [0, 0.05) is 12.4 Å². The number of nitrogens with two attached hydrogens (primary N) is 1. The van der Waals surface area contributed by atoms with Crippen LogP contribution in [0.1, 0.15) is 93.0 Å². The molecule has 0 radical (unpaired) electrons. The third-order valence-corrected chi connectivity index (χ3v) is 6.71. The highest BCUT2D eigenvalue weighted by Crippen LogP contribution is 2.37. The van der Waals surface area contributed by atoms with E-state index in [1.807, 2.05) is 37.6 Å². The zero-order valence-corrected chi connectivity index (χ0v) is 26.0. The van der Waals surface area contributed by atoms with Crippen LogP contribution in [-0.4, -0.2) is 59.4 Å². The van der Waals surface area contributed by atoms with Crippen molar-refractivity contribution in [1.82, 2.24) is 25.0 Å². The number of ether oxygens (including phenoxy) is 1. The molecular formula is C29H49FN6O3S. The molecule has 0 amide bonds. The molecule has 2 saturated carbocycles. The van der Waals surface area contributed by atoms with Crippen LogP contribution in [0.15, 0.2) is 41.4 Å². The van der Waals surface area contributed by atoms with Gasteiger partial charge in [0.05, 0.1) is 18.0 Å². The average Bonchev–Trinajstić information content (AvgIpc) is 3.47. The first-order valence-corrected chi connectivity index (χ1v) is 15.2. The van der Waals surface area contributed by atoms with E-state index >= 15 is 0 Å². The molecule has 0 aromatic carbocycles. The number of hydrogen-bond donors (Lipinski definition) is 3. The van der Waals surface area contributed by atoms with E-state index in [0.717, 1.165) is 43.7 Å². The second-order valence-corrected chi connectivity index (χ2v) is 10.9. The number of allylic oxidation sites excluding steroid dienone is 5. The van der Waals surface area contributed by atoms with Crippen LogP contribution >= 0.6 is 11.8 Å². The molecule has 0 saturated heterocycles. The zero-order valence-electron chi connectivity index (χ0n) is 25.2. The molecule has 4 N–H and O–H groups in total. The van der Waals surface area contributed by atoms with Gasteiger partial charge < -0.3 is 20.7 Å². The van der Waals surface area contributed by atoms with Crippen LogP contribution in [0.3, 0.4) is 0 Å². The van der Waals surface area contributed by atoms with Crippen molar-refractivity contribution in [3.8, 4) is 0 Å². The monoisotopic (exact) mass is 580 g/mol. The van der Waals surface area contributed by atoms with Crippen molar-refractivity contribution in [2.24, 2.45) is 5.92 Å². The minimum Gasteiger partial charge on any atom is -0.382 e. The van der Waals surface area contributed by atoms with Gasteiger partial charge in [0.15, 0.2) is 27.9 Å². The van der Waals surface area contributed by atoms with Gasteiger partial charge in [-0.3, -0.25) is 0 Å². The SMILES string of the molecule is C=C/C(=C\C=C(/C)F)C1CC1.CC.CC(C)(O)O.CCCSc1nc(N)c2nnn(C3CCC(OCC)C3)c2n1. The van der Waals surface area contributed by atoms with Gasteiger partial charge in [0.2, 0.25) is 0 Å². The molecule has 2 aromatic heterocycles. The maximum Gasteiger partial charge on any atom is 0.191 e. The van der Waals surface area contributed by atoms with Crippen molar-refractivity contribution < 1.29 is 19.3 Å². The fraction of sp³-hybridized carbons (Fsp3) is 0.655. The van der Waals surface area contributed by atoms with Gasteiger partial charge in [-0.05, 0) is 83.8 Å². The summed E-state index contributed by atoms with van der Waals surface area (Å²) in [7, 11) is 0. The number of aromatic nitrogens is 5. The molecule has 2 unspecified atom stereocenters. The van der Waals surface area contributed by atoms with E-state index < -0.39 is 5.79 Å². The Morgan fingerprint density at radius 2 is 1.82 bits per heavy atom. The Morgan fingerprint density at radius 3 is 2.35 bits per heavy atom. The smallest absolute Gasteiger partial charge is 0.191 e. The van der Waals surface area contributed by atoms with E-state index in [1.165, 1.54) is 45.3 Å². The minimum absolute atomic E-state index is 0.148. The molecule has 4 rings (SSSR count). The minimum atomic E-state index is -1.50. The zero-order chi connectivity index (χ0) is 30.3. The highest BCUT2D eigenvalue weighted by atomic mass is 32.2. The Labute approximate surface area is 243 Å². The van der Waals surface area contributed by atoms with Gasteiger partial charge in [-0.25, -0.2) is 19.0 Å². The van der Waals surface area contributed by atoms with E-state index in [9.17, 15) is 4.39 Å². The molecule has 11 heteroatoms. The predicted octanol–water partition coefficient (Wildman–Crippen LogP) is 6.55. The van der Waals surface area contributed by atoms with Gasteiger partial charge in [0.25, 0.3) is 0 Å². The number of nitrogens with zero attached hydrogens (tertiary/aromatic N) is 5. The van der Waals surface area contributed by atoms with Gasteiger partial charge in [-0.2, -0.15) is 0 Å². The lowest BCUT2D eigenvalue weighted by Crippen LogP contribution is -2.15. The molecule has 2 aromatic rings. The van der Waals surface area contributed by atoms with Crippen molar-refractivity contribution in [3.63, 3.8) is 0 Å². The topological polar surface area (TPSA) is 132 Å². The van der Waals surface area contributed by atoms with E-state index in [4.69, 9.17) is 20.7 Å². The van der Waals surface area contributed by atoms with E-state index in [-0.39, 0.29) is 11.9 Å². The van der Waals surface area contributed by atoms with Crippen LogP contribution in [0.4, 0.5) is 10.2 Å². The third kappa shape index (κ3) is 13.3. The number of halogens is 1. The second-order valence-electron chi connectivity index (χ2n) is 9.88. The maximum absolute atomic E-state index is 12.3. The molecule has 2 fully saturated rings. The number of fused-ring (bicyclic) bond motifs is 1. The summed E-state index contributed by atoms with van der Waals surface area (Å²) in [5.74, 6) is 0.393. The summed E-state index contributed by atoms with van der Waals surface area (Å²) in [5, 5.41) is 25.3. The highest BCUT2D eigenvalue weighted by Gasteiger charge is 2.29. The number of hydrogen-bond acceptors (Lipinski definition) is 9. The number of thioether (sulfide) groups is 1. The average molecular weight is 581 g/mol. The lowest BCUT2D eigenvalue weighted by molar-refractivity contribution is -0.127. The molecule has 226 valence electrons. The Hall–Kier alpha value is -2.34. The predicted molar refractivity (Wildman–Crippen MR) is 163 cm³/mol. The van der Waals surface area contributed by atoms with E-state index in [0.29, 0.717) is 28.5 Å². The summed E-state index contributed by atoms with van der Waals surface area (Å²) in [6, 6.07) is 0.278. The molecule has 40 heavy (non-hydrogen) atoms. The van der Waals surface area contributed by atoms with Gasteiger partial charge in [-0.1, -0.05) is 56.5 Å². The lowest BCUT2D eigenvalue weighted by Gasteiger charge is -2.12. The first-order valence-electron chi connectivity index (χ1n) is 14.2. The lowest BCUT2D eigenvalue weighted by atomic mass is 10.1. The van der Waals surface area contributed by atoms with Gasteiger partial charge in [0.1, 0.15) is 0 Å². The Kier molecular flexibility index (Phi) is 16.2. The van der Waals surface area contributed by atoms with Crippen molar-refractivity contribution in [2.75, 3.05) is 18.1 Å². The fourth-order valence-corrected chi connectivity index (χ4v) is 4.56. The largest absolute Gasteiger partial charge is 0.382 e. The van der Waals surface area contributed by atoms with Crippen LogP contribution in [0.2, 0.25) is 0 Å². The first kappa shape index (κ1) is 35.7. The summed E-state index contributed by atoms with van der Waals surface area (Å²) in [5.41, 5.74) is 8.52. The molecule has 2 aliphatic carbocycles. The van der Waals surface area contributed by atoms with Crippen LogP contribution in [-0.2, 0) is 4.74 Å². The van der Waals surface area contributed by atoms with Gasteiger partial charge in [-0.15, -0.1) is 5.10 Å². The van der Waals surface area contributed by atoms with Gasteiger partial charge >= 0.3 is 0 Å². The molecule has 0 spiro atoms. The fourth-order valence-electron chi connectivity index (χ4n) is 3.86. The number of rotatable bonds is 9. The summed E-state index contributed by atoms with van der Waals surface area (Å²) < 4.78 is 19.9. The van der Waals surface area contributed by atoms with Crippen molar-refractivity contribution in [3.05, 3.63) is 36.2 Å². The van der Waals surface area contributed by atoms with Crippen LogP contribution < -0.4 is 5.73 Å². The summed E-state index contributed by atoms with van der Waals surface area (Å²) in [6.07, 6.45) is 12.0. The Balaban J connectivity index is 0.000000371. The van der Waals surface area contributed by atoms with Crippen molar-refractivity contribution in [1.29, 1.82) is 0 Å². The third-order valence-electron chi connectivity index (χ3n) is 5.66. The van der Waals surface area contributed by atoms with E-state index in [2.05, 4.69) is 33.8 Å². The molecule has 9 nitrogen and oxygen atoms in total. The number of nitrogen functional groups attached to an aromatic ring is 1. The van der Waals surface area contributed by atoms with E-state index in [1.54, 1.807) is 11.8 Å². The number of aliphatic hydroxyl groups is 2. The van der Waals surface area contributed by atoms with Crippen LogP contribution in [0, 0.1) is 5.92 Å². The first-order chi connectivity index (χ1) is 19.0. The molecule has 2 heterocycles. The quantitative estimate of drug-likeness (QED) is 0.131. The Bertz CT molecular complexity index is 1090.